The molecule has 0 aliphatic carbocycles. The molecule has 0 atom stereocenters. The van der Waals surface area contributed by atoms with Gasteiger partial charge in [0, 0.05) is 20.3 Å². The van der Waals surface area contributed by atoms with Crippen LogP contribution >= 0.6 is 0 Å². The third-order valence-corrected chi connectivity index (χ3v) is 2.16. The second-order valence-electron chi connectivity index (χ2n) is 3.45. The van der Waals surface area contributed by atoms with Crippen molar-refractivity contribution in [3.05, 3.63) is 17.5 Å². The van der Waals surface area contributed by atoms with Crippen LogP contribution in [0.2, 0.25) is 0 Å². The fourth-order valence-corrected chi connectivity index (χ4v) is 1.20. The fourth-order valence-electron chi connectivity index (χ4n) is 1.20. The minimum Gasteiger partial charge on any atom is -0.504 e. The first-order valence-electron chi connectivity index (χ1n) is 4.67. The molecule has 82 valence electrons. The summed E-state index contributed by atoms with van der Waals surface area (Å²) >= 11 is 0. The van der Waals surface area contributed by atoms with Gasteiger partial charge in [-0.2, -0.15) is 0 Å². The van der Waals surface area contributed by atoms with Gasteiger partial charge in [0.25, 0.3) is 5.91 Å². The molecule has 1 rings (SSSR count). The van der Waals surface area contributed by atoms with Crippen LogP contribution in [0.4, 0.5) is 5.69 Å². The van der Waals surface area contributed by atoms with Crippen LogP contribution in [0.3, 0.4) is 0 Å². The van der Waals surface area contributed by atoms with Gasteiger partial charge in [-0.3, -0.25) is 4.79 Å². The zero-order valence-corrected chi connectivity index (χ0v) is 9.11. The molecule has 1 aromatic heterocycles. The Morgan fingerprint density at radius 3 is 2.67 bits per heavy atom. The highest BCUT2D eigenvalue weighted by atomic mass is 16.3. The van der Waals surface area contributed by atoms with Crippen LogP contribution in [0, 0.1) is 0 Å². The zero-order chi connectivity index (χ0) is 11.6. The van der Waals surface area contributed by atoms with Gasteiger partial charge in [0.2, 0.25) is 0 Å². The highest BCUT2D eigenvalue weighted by molar-refractivity contribution is 5.96. The Labute approximate surface area is 88.5 Å². The van der Waals surface area contributed by atoms with E-state index < -0.39 is 0 Å². The lowest BCUT2D eigenvalue weighted by Crippen LogP contribution is -2.23. The summed E-state index contributed by atoms with van der Waals surface area (Å²) in [7, 11) is 3.18. The van der Waals surface area contributed by atoms with Crippen LogP contribution in [0.15, 0.2) is 6.20 Å². The van der Waals surface area contributed by atoms with Crippen molar-refractivity contribution in [1.82, 2.24) is 9.88 Å². The third kappa shape index (κ3) is 2.01. The number of aromatic nitrogens is 1. The van der Waals surface area contributed by atoms with Crippen molar-refractivity contribution in [2.75, 3.05) is 19.8 Å². The van der Waals surface area contributed by atoms with Crippen molar-refractivity contribution in [3.8, 4) is 5.75 Å². The highest BCUT2D eigenvalue weighted by Gasteiger charge is 2.18. The topological polar surface area (TPSA) is 79.5 Å². The van der Waals surface area contributed by atoms with E-state index in [4.69, 9.17) is 5.73 Å². The molecular weight excluding hydrogens is 194 g/mol. The van der Waals surface area contributed by atoms with E-state index in [1.165, 1.54) is 11.1 Å². The second-order valence-corrected chi connectivity index (χ2v) is 3.45. The maximum atomic E-state index is 11.6. The molecule has 0 aliphatic rings. The van der Waals surface area contributed by atoms with Crippen LogP contribution in [-0.2, 0) is 6.42 Å². The molecule has 1 aromatic rings. The molecule has 0 saturated carbocycles. The summed E-state index contributed by atoms with van der Waals surface area (Å²) in [6, 6.07) is 0. The van der Waals surface area contributed by atoms with Gasteiger partial charge in [-0.15, -0.1) is 0 Å². The van der Waals surface area contributed by atoms with Gasteiger partial charge in [0.15, 0.2) is 11.4 Å². The van der Waals surface area contributed by atoms with Crippen molar-refractivity contribution in [2.24, 2.45) is 0 Å². The van der Waals surface area contributed by atoms with E-state index in [1.807, 2.05) is 6.92 Å². The van der Waals surface area contributed by atoms with E-state index in [0.29, 0.717) is 6.42 Å². The van der Waals surface area contributed by atoms with E-state index in [2.05, 4.69) is 4.98 Å². The molecule has 3 N–H and O–H groups in total. The van der Waals surface area contributed by atoms with E-state index in [-0.39, 0.29) is 23.0 Å². The summed E-state index contributed by atoms with van der Waals surface area (Å²) in [5.41, 5.74) is 6.64. The van der Waals surface area contributed by atoms with Crippen LogP contribution in [-0.4, -0.2) is 35.0 Å². The van der Waals surface area contributed by atoms with Crippen LogP contribution in [0.25, 0.3) is 0 Å². The molecule has 0 radical (unpaired) electrons. The first-order valence-corrected chi connectivity index (χ1v) is 4.67. The molecule has 15 heavy (non-hydrogen) atoms. The average molecular weight is 209 g/mol. The second kappa shape index (κ2) is 4.16. The van der Waals surface area contributed by atoms with E-state index in [9.17, 15) is 9.90 Å². The summed E-state index contributed by atoms with van der Waals surface area (Å²) in [5.74, 6) is -0.588. The Kier molecular flexibility index (Phi) is 3.14. The Hall–Kier alpha value is -1.78. The molecule has 0 spiro atoms. The number of amides is 1. The average Bonchev–Trinajstić information content (AvgIpc) is 2.21. The molecule has 0 fully saturated rings. The van der Waals surface area contributed by atoms with Crippen molar-refractivity contribution >= 4 is 11.6 Å². The lowest BCUT2D eigenvalue weighted by atomic mass is 10.1. The first-order chi connectivity index (χ1) is 6.99. The smallest absolute Gasteiger partial charge is 0.275 e. The standard InChI is InChI=1S/C10H15N3O2/c1-4-6-5-12-8(9(14)7(6)11)10(15)13(2)3/h5,14H,4H2,1-3H3,(H2,11,12). The van der Waals surface area contributed by atoms with Crippen LogP contribution in [0.1, 0.15) is 23.0 Å². The predicted molar refractivity (Wildman–Crippen MR) is 57.7 cm³/mol. The number of carbonyl (C=O) groups excluding carboxylic acids is 1. The number of anilines is 1. The van der Waals surface area contributed by atoms with Gasteiger partial charge in [0.05, 0.1) is 5.69 Å². The van der Waals surface area contributed by atoms with Crippen LogP contribution < -0.4 is 5.73 Å². The van der Waals surface area contributed by atoms with Gasteiger partial charge in [0.1, 0.15) is 0 Å². The number of nitrogen functional groups attached to an aromatic ring is 1. The maximum absolute atomic E-state index is 11.6. The lowest BCUT2D eigenvalue weighted by Gasteiger charge is -2.13. The number of carbonyl (C=O) groups is 1. The Morgan fingerprint density at radius 2 is 2.20 bits per heavy atom. The molecule has 5 nitrogen and oxygen atoms in total. The Balaban J connectivity index is 3.23. The minimum absolute atomic E-state index is 0.00491. The number of pyridine rings is 1. The van der Waals surface area contributed by atoms with Crippen molar-refractivity contribution in [2.45, 2.75) is 13.3 Å². The predicted octanol–water partition coefficient (Wildman–Crippen LogP) is 0.634. The summed E-state index contributed by atoms with van der Waals surface area (Å²) in [6.45, 7) is 1.90. The van der Waals surface area contributed by atoms with Gasteiger partial charge in [-0.05, 0) is 12.0 Å². The molecule has 0 aliphatic heterocycles. The lowest BCUT2D eigenvalue weighted by molar-refractivity contribution is 0.0819. The van der Waals surface area contributed by atoms with Crippen molar-refractivity contribution < 1.29 is 9.90 Å². The normalized spacial score (nSPS) is 10.1. The SMILES string of the molecule is CCc1cnc(C(=O)N(C)C)c(O)c1N. The summed E-state index contributed by atoms with van der Waals surface area (Å²) in [6.07, 6.45) is 2.19. The molecule has 0 saturated heterocycles. The molecule has 5 heteroatoms. The molecule has 1 amide bonds. The number of hydrogen-bond acceptors (Lipinski definition) is 4. The molecule has 1 heterocycles. The number of nitrogens with zero attached hydrogens (tertiary/aromatic N) is 2. The summed E-state index contributed by atoms with van der Waals surface area (Å²) in [4.78, 5) is 16.8. The number of rotatable bonds is 2. The largest absolute Gasteiger partial charge is 0.504 e. The number of aryl methyl sites for hydroxylation is 1. The monoisotopic (exact) mass is 209 g/mol. The van der Waals surface area contributed by atoms with Gasteiger partial charge >= 0.3 is 0 Å². The molecular formula is C10H15N3O2. The molecule has 0 bridgehead atoms. The fraction of sp³-hybridized carbons (Fsp3) is 0.400. The Bertz CT molecular complexity index is 388. The van der Waals surface area contributed by atoms with E-state index in [0.717, 1.165) is 5.56 Å². The van der Waals surface area contributed by atoms with E-state index >= 15 is 0 Å². The summed E-state index contributed by atoms with van der Waals surface area (Å²) in [5, 5.41) is 9.69. The molecule has 0 unspecified atom stereocenters. The van der Waals surface area contributed by atoms with Gasteiger partial charge in [-0.25, -0.2) is 4.98 Å². The van der Waals surface area contributed by atoms with E-state index in [1.54, 1.807) is 14.1 Å². The number of nitrogens with two attached hydrogens (primary N) is 1. The number of aromatic hydroxyl groups is 1. The zero-order valence-electron chi connectivity index (χ0n) is 9.11. The quantitative estimate of drug-likeness (QED) is 0.748. The maximum Gasteiger partial charge on any atom is 0.275 e. The Morgan fingerprint density at radius 1 is 1.60 bits per heavy atom. The van der Waals surface area contributed by atoms with Crippen molar-refractivity contribution in [3.63, 3.8) is 0 Å². The first kappa shape index (κ1) is 11.3. The van der Waals surface area contributed by atoms with Gasteiger partial charge in [-0.1, -0.05) is 6.92 Å². The third-order valence-electron chi connectivity index (χ3n) is 2.16. The minimum atomic E-state index is -0.359. The van der Waals surface area contributed by atoms with Crippen molar-refractivity contribution in [1.29, 1.82) is 0 Å². The highest BCUT2D eigenvalue weighted by Crippen LogP contribution is 2.27. The van der Waals surface area contributed by atoms with Crippen LogP contribution in [0.5, 0.6) is 5.75 Å². The summed E-state index contributed by atoms with van der Waals surface area (Å²) < 4.78 is 0. The number of hydrogen-bond donors (Lipinski definition) is 2. The molecule has 0 aromatic carbocycles. The van der Waals surface area contributed by atoms with Gasteiger partial charge < -0.3 is 15.7 Å².